The number of nitrogens with zero attached hydrogens (tertiary/aromatic N) is 1. The molecule has 1 heterocycles. The first-order valence-electron chi connectivity index (χ1n) is 6.06. The minimum absolute atomic E-state index is 0.188. The Bertz CT molecular complexity index is 516. The maximum atomic E-state index is 12.3. The molecule has 0 amide bonds. The standard InChI is InChI=1S/C12H18N2O3S/c1-2-13-10-4-3-5-12(8-10)18(16,17)14-7-6-11(15)9-14/h3-5,8,11,13,15H,2,6-7,9H2,1H3. The molecule has 18 heavy (non-hydrogen) atoms. The van der Waals surface area contributed by atoms with Crippen LogP contribution in [0.15, 0.2) is 29.2 Å². The highest BCUT2D eigenvalue weighted by Gasteiger charge is 2.31. The number of aliphatic hydroxyl groups excluding tert-OH is 1. The number of sulfonamides is 1. The Labute approximate surface area is 107 Å². The van der Waals surface area contributed by atoms with Crippen LogP contribution in [0.3, 0.4) is 0 Å². The molecule has 0 spiro atoms. The fraction of sp³-hybridized carbons (Fsp3) is 0.500. The molecule has 100 valence electrons. The molecular weight excluding hydrogens is 252 g/mol. The van der Waals surface area contributed by atoms with Gasteiger partial charge in [-0.3, -0.25) is 0 Å². The number of rotatable bonds is 4. The van der Waals surface area contributed by atoms with Crippen molar-refractivity contribution in [3.8, 4) is 0 Å². The lowest BCUT2D eigenvalue weighted by atomic mass is 10.3. The van der Waals surface area contributed by atoms with Crippen molar-refractivity contribution in [2.45, 2.75) is 24.3 Å². The normalized spacial score (nSPS) is 21.1. The van der Waals surface area contributed by atoms with Crippen molar-refractivity contribution < 1.29 is 13.5 Å². The summed E-state index contributed by atoms with van der Waals surface area (Å²) >= 11 is 0. The number of anilines is 1. The Hall–Kier alpha value is -1.11. The van der Waals surface area contributed by atoms with Gasteiger partial charge in [0.1, 0.15) is 0 Å². The molecule has 0 aliphatic carbocycles. The van der Waals surface area contributed by atoms with Crippen molar-refractivity contribution in [3.63, 3.8) is 0 Å². The number of β-amino-alcohol motifs (C(OH)–C–C–N with tert-alkyl or cyclic N) is 1. The van der Waals surface area contributed by atoms with Crippen LogP contribution in [0.1, 0.15) is 13.3 Å². The molecular formula is C12H18N2O3S. The topological polar surface area (TPSA) is 69.6 Å². The second-order valence-corrected chi connectivity index (χ2v) is 6.30. The summed E-state index contributed by atoms with van der Waals surface area (Å²) in [5, 5.41) is 12.5. The SMILES string of the molecule is CCNc1cccc(S(=O)(=O)N2CCC(O)C2)c1. The molecule has 6 heteroatoms. The second kappa shape index (κ2) is 5.26. The average molecular weight is 270 g/mol. The van der Waals surface area contributed by atoms with Crippen molar-refractivity contribution in [1.29, 1.82) is 0 Å². The van der Waals surface area contributed by atoms with E-state index in [-0.39, 0.29) is 11.4 Å². The van der Waals surface area contributed by atoms with Gasteiger partial charge in [0, 0.05) is 25.3 Å². The Kier molecular flexibility index (Phi) is 3.89. The zero-order valence-corrected chi connectivity index (χ0v) is 11.2. The van der Waals surface area contributed by atoms with E-state index in [4.69, 9.17) is 0 Å². The lowest BCUT2D eigenvalue weighted by molar-refractivity contribution is 0.189. The number of benzene rings is 1. The largest absolute Gasteiger partial charge is 0.392 e. The average Bonchev–Trinajstić information content (AvgIpc) is 2.77. The summed E-state index contributed by atoms with van der Waals surface area (Å²) in [6.07, 6.45) is -0.0386. The van der Waals surface area contributed by atoms with Crippen LogP contribution in [0.4, 0.5) is 5.69 Å². The van der Waals surface area contributed by atoms with Gasteiger partial charge in [-0.15, -0.1) is 0 Å². The summed E-state index contributed by atoms with van der Waals surface area (Å²) in [6.45, 7) is 3.27. The van der Waals surface area contributed by atoms with Crippen LogP contribution < -0.4 is 5.32 Å². The van der Waals surface area contributed by atoms with E-state index in [9.17, 15) is 13.5 Å². The van der Waals surface area contributed by atoms with Gasteiger partial charge < -0.3 is 10.4 Å². The van der Waals surface area contributed by atoms with Crippen LogP contribution in [0.25, 0.3) is 0 Å². The van der Waals surface area contributed by atoms with Gasteiger partial charge in [-0.1, -0.05) is 6.07 Å². The van der Waals surface area contributed by atoms with Crippen LogP contribution in [-0.2, 0) is 10.0 Å². The Morgan fingerprint density at radius 1 is 1.50 bits per heavy atom. The van der Waals surface area contributed by atoms with E-state index >= 15 is 0 Å². The first-order chi connectivity index (χ1) is 8.54. The molecule has 0 saturated carbocycles. The van der Waals surface area contributed by atoms with Gasteiger partial charge in [-0.05, 0) is 31.5 Å². The molecule has 1 fully saturated rings. The van der Waals surface area contributed by atoms with E-state index in [0.717, 1.165) is 12.2 Å². The third kappa shape index (κ3) is 2.66. The summed E-state index contributed by atoms with van der Waals surface area (Å²) in [4.78, 5) is 0.273. The predicted octanol–water partition coefficient (Wildman–Crippen LogP) is 0.874. The van der Waals surface area contributed by atoms with E-state index in [1.54, 1.807) is 18.2 Å². The van der Waals surface area contributed by atoms with Gasteiger partial charge >= 0.3 is 0 Å². The van der Waals surface area contributed by atoms with Gasteiger partial charge in [-0.25, -0.2) is 8.42 Å². The van der Waals surface area contributed by atoms with Crippen molar-refractivity contribution in [3.05, 3.63) is 24.3 Å². The minimum Gasteiger partial charge on any atom is -0.392 e. The predicted molar refractivity (Wildman–Crippen MR) is 70.0 cm³/mol. The van der Waals surface area contributed by atoms with Crippen molar-refractivity contribution >= 4 is 15.7 Å². The monoisotopic (exact) mass is 270 g/mol. The maximum Gasteiger partial charge on any atom is 0.243 e. The third-order valence-electron chi connectivity index (χ3n) is 2.98. The third-order valence-corrected chi connectivity index (χ3v) is 4.84. The smallest absolute Gasteiger partial charge is 0.243 e. The van der Waals surface area contributed by atoms with Crippen LogP contribution in [-0.4, -0.2) is 43.6 Å². The van der Waals surface area contributed by atoms with Crippen molar-refractivity contribution in [2.24, 2.45) is 0 Å². The fourth-order valence-corrected chi connectivity index (χ4v) is 3.59. The minimum atomic E-state index is -3.48. The van der Waals surface area contributed by atoms with Gasteiger partial charge in [0.2, 0.25) is 10.0 Å². The molecule has 5 nitrogen and oxygen atoms in total. The first kappa shape index (κ1) is 13.3. The van der Waals surface area contributed by atoms with Crippen LogP contribution in [0, 0.1) is 0 Å². The van der Waals surface area contributed by atoms with Crippen molar-refractivity contribution in [2.75, 3.05) is 25.0 Å². The highest BCUT2D eigenvalue weighted by Crippen LogP contribution is 2.23. The van der Waals surface area contributed by atoms with E-state index in [1.807, 2.05) is 13.0 Å². The lowest BCUT2D eigenvalue weighted by Gasteiger charge is -2.16. The summed E-state index contributed by atoms with van der Waals surface area (Å²) in [5.74, 6) is 0. The van der Waals surface area contributed by atoms with Gasteiger partial charge in [0.15, 0.2) is 0 Å². The molecule has 1 aliphatic heterocycles. The highest BCUT2D eigenvalue weighted by molar-refractivity contribution is 7.89. The molecule has 2 rings (SSSR count). The maximum absolute atomic E-state index is 12.3. The fourth-order valence-electron chi connectivity index (χ4n) is 2.05. The van der Waals surface area contributed by atoms with Crippen LogP contribution in [0.5, 0.6) is 0 Å². The van der Waals surface area contributed by atoms with Gasteiger partial charge in [0.05, 0.1) is 11.0 Å². The number of hydrogen-bond acceptors (Lipinski definition) is 4. The number of nitrogens with one attached hydrogen (secondary N) is 1. The first-order valence-corrected chi connectivity index (χ1v) is 7.50. The molecule has 1 aromatic rings. The molecule has 2 N–H and O–H groups in total. The van der Waals surface area contributed by atoms with Crippen LogP contribution in [0.2, 0.25) is 0 Å². The molecule has 1 aliphatic rings. The molecule has 1 atom stereocenters. The Morgan fingerprint density at radius 2 is 2.28 bits per heavy atom. The van der Waals surface area contributed by atoms with E-state index < -0.39 is 16.1 Å². The van der Waals surface area contributed by atoms with Crippen molar-refractivity contribution in [1.82, 2.24) is 4.31 Å². The number of aliphatic hydroxyl groups is 1. The van der Waals surface area contributed by atoms with Gasteiger partial charge in [-0.2, -0.15) is 4.31 Å². The Morgan fingerprint density at radius 3 is 2.89 bits per heavy atom. The molecule has 1 unspecified atom stereocenters. The van der Waals surface area contributed by atoms with Gasteiger partial charge in [0.25, 0.3) is 0 Å². The zero-order valence-electron chi connectivity index (χ0n) is 10.3. The molecule has 0 radical (unpaired) electrons. The lowest BCUT2D eigenvalue weighted by Crippen LogP contribution is -2.29. The number of hydrogen-bond donors (Lipinski definition) is 2. The van der Waals surface area contributed by atoms with E-state index in [0.29, 0.717) is 13.0 Å². The summed E-state index contributed by atoms with van der Waals surface area (Å²) in [7, 11) is -3.48. The summed E-state index contributed by atoms with van der Waals surface area (Å²) < 4.78 is 26.0. The highest BCUT2D eigenvalue weighted by atomic mass is 32.2. The molecule has 1 saturated heterocycles. The molecule has 0 bridgehead atoms. The zero-order chi connectivity index (χ0) is 13.2. The molecule has 0 aromatic heterocycles. The van der Waals surface area contributed by atoms with E-state index in [2.05, 4.69) is 5.32 Å². The summed E-state index contributed by atoms with van der Waals surface area (Å²) in [5.41, 5.74) is 0.790. The second-order valence-electron chi connectivity index (χ2n) is 4.36. The Balaban J connectivity index is 2.26. The van der Waals surface area contributed by atoms with E-state index in [1.165, 1.54) is 4.31 Å². The quantitative estimate of drug-likeness (QED) is 0.852. The van der Waals surface area contributed by atoms with Crippen LogP contribution >= 0.6 is 0 Å². The molecule has 1 aromatic carbocycles. The summed E-state index contributed by atoms with van der Waals surface area (Å²) in [6, 6.07) is 6.77.